The Morgan fingerprint density at radius 1 is 1.18 bits per heavy atom. The molecule has 0 saturated carbocycles. The van der Waals surface area contributed by atoms with E-state index in [0.29, 0.717) is 5.75 Å². The molecule has 0 radical (unpaired) electrons. The Morgan fingerprint density at radius 2 is 1.91 bits per heavy atom. The summed E-state index contributed by atoms with van der Waals surface area (Å²) in [5.41, 5.74) is 3.02. The highest BCUT2D eigenvalue weighted by atomic mass is 79.9. The van der Waals surface area contributed by atoms with Gasteiger partial charge in [-0.3, -0.25) is 4.79 Å². The van der Waals surface area contributed by atoms with Gasteiger partial charge in [-0.25, -0.2) is 0 Å². The summed E-state index contributed by atoms with van der Waals surface area (Å²) in [7, 11) is 0. The topological polar surface area (TPSA) is 38.3 Å². The van der Waals surface area contributed by atoms with Gasteiger partial charge in [-0.1, -0.05) is 28.1 Å². The van der Waals surface area contributed by atoms with Crippen LogP contribution in [0, 0.1) is 13.8 Å². The molecule has 1 amide bonds. The third-order valence-corrected chi connectivity index (χ3v) is 4.54. The third-order valence-electron chi connectivity index (χ3n) is 3.43. The molecule has 0 aliphatic heterocycles. The Hall–Kier alpha value is -1.33. The molecule has 0 fully saturated rings. The minimum absolute atomic E-state index is 0.177. The van der Waals surface area contributed by atoms with Crippen LogP contribution >= 0.6 is 31.9 Å². The van der Waals surface area contributed by atoms with Gasteiger partial charge < -0.3 is 10.1 Å². The molecule has 22 heavy (non-hydrogen) atoms. The second-order valence-electron chi connectivity index (χ2n) is 5.07. The summed E-state index contributed by atoms with van der Waals surface area (Å²) in [6.07, 6.45) is -0.600. The Kier molecular flexibility index (Phi) is 5.64. The van der Waals surface area contributed by atoms with Crippen LogP contribution in [0.3, 0.4) is 0 Å². The number of halogens is 2. The molecule has 0 bridgehead atoms. The number of carbonyl (C=O) groups excluding carboxylic acids is 1. The molecule has 0 unspecified atom stereocenters. The fraction of sp³-hybridized carbons (Fsp3) is 0.235. The average molecular weight is 427 g/mol. The van der Waals surface area contributed by atoms with Gasteiger partial charge in [0.2, 0.25) is 0 Å². The summed E-state index contributed by atoms with van der Waals surface area (Å²) in [5.74, 6) is 0.454. The molecular formula is C17H17Br2NO2. The molecule has 2 aromatic rings. The highest BCUT2D eigenvalue weighted by molar-refractivity contribution is 9.11. The number of aryl methyl sites for hydroxylation is 1. The summed E-state index contributed by atoms with van der Waals surface area (Å²) < 4.78 is 7.47. The maximum Gasteiger partial charge on any atom is 0.265 e. The number of hydrogen-bond acceptors (Lipinski definition) is 2. The van der Waals surface area contributed by atoms with E-state index in [4.69, 9.17) is 4.74 Å². The molecule has 2 rings (SSSR count). The summed E-state index contributed by atoms with van der Waals surface area (Å²) in [6.45, 7) is 5.74. The number of carbonyl (C=O) groups is 1. The number of anilines is 1. The van der Waals surface area contributed by atoms with E-state index < -0.39 is 6.10 Å². The molecule has 3 nitrogen and oxygen atoms in total. The standard InChI is InChI=1S/C17H17Br2NO2/c1-10-5-4-6-15(11(10)2)20-17(21)12(3)22-16-8-7-13(18)9-14(16)19/h4-9,12H,1-3H3,(H,20,21)/t12-/m1/s1. The van der Waals surface area contributed by atoms with E-state index >= 15 is 0 Å². The Bertz CT molecular complexity index is 701. The molecule has 0 aliphatic carbocycles. The maximum atomic E-state index is 12.3. The van der Waals surface area contributed by atoms with Crippen molar-refractivity contribution in [1.29, 1.82) is 0 Å². The van der Waals surface area contributed by atoms with Gasteiger partial charge in [0.05, 0.1) is 4.47 Å². The predicted molar refractivity (Wildman–Crippen MR) is 96.5 cm³/mol. The van der Waals surface area contributed by atoms with E-state index in [2.05, 4.69) is 37.2 Å². The fourth-order valence-corrected chi connectivity index (χ4v) is 3.08. The van der Waals surface area contributed by atoms with Crippen LogP contribution in [0.4, 0.5) is 5.69 Å². The Labute approximate surface area is 147 Å². The van der Waals surface area contributed by atoms with Crippen LogP contribution in [0.1, 0.15) is 18.1 Å². The molecule has 5 heteroatoms. The van der Waals surface area contributed by atoms with E-state index in [9.17, 15) is 4.79 Å². The maximum absolute atomic E-state index is 12.3. The summed E-state index contributed by atoms with van der Waals surface area (Å²) in [6, 6.07) is 11.4. The summed E-state index contributed by atoms with van der Waals surface area (Å²) in [4.78, 5) is 12.3. The van der Waals surface area contributed by atoms with E-state index in [1.807, 2.05) is 50.2 Å². The number of benzene rings is 2. The van der Waals surface area contributed by atoms with Crippen LogP contribution in [-0.2, 0) is 4.79 Å². The normalized spacial score (nSPS) is 11.9. The van der Waals surface area contributed by atoms with E-state index in [-0.39, 0.29) is 5.91 Å². The van der Waals surface area contributed by atoms with Gasteiger partial charge in [0.1, 0.15) is 5.75 Å². The molecule has 0 heterocycles. The van der Waals surface area contributed by atoms with Crippen LogP contribution in [0.15, 0.2) is 45.3 Å². The Balaban J connectivity index is 2.07. The lowest BCUT2D eigenvalue weighted by Gasteiger charge is -2.17. The van der Waals surface area contributed by atoms with Gasteiger partial charge in [-0.05, 0) is 72.1 Å². The smallest absolute Gasteiger partial charge is 0.265 e. The molecule has 116 valence electrons. The molecule has 0 aromatic heterocycles. The average Bonchev–Trinajstić information content (AvgIpc) is 2.46. The SMILES string of the molecule is Cc1cccc(NC(=O)[C@@H](C)Oc2ccc(Br)cc2Br)c1C. The first-order valence-corrected chi connectivity index (χ1v) is 8.46. The fourth-order valence-electron chi connectivity index (χ4n) is 1.94. The third kappa shape index (κ3) is 4.11. The molecular weight excluding hydrogens is 410 g/mol. The number of hydrogen-bond donors (Lipinski definition) is 1. The largest absolute Gasteiger partial charge is 0.480 e. The van der Waals surface area contributed by atoms with Crippen molar-refractivity contribution in [1.82, 2.24) is 0 Å². The highest BCUT2D eigenvalue weighted by Crippen LogP contribution is 2.29. The van der Waals surface area contributed by atoms with Gasteiger partial charge in [-0.15, -0.1) is 0 Å². The van der Waals surface area contributed by atoms with Crippen molar-refractivity contribution in [3.63, 3.8) is 0 Å². The van der Waals surface area contributed by atoms with Crippen LogP contribution in [0.25, 0.3) is 0 Å². The first-order chi connectivity index (χ1) is 10.4. The van der Waals surface area contributed by atoms with Crippen molar-refractivity contribution in [2.45, 2.75) is 26.9 Å². The minimum Gasteiger partial charge on any atom is -0.480 e. The molecule has 0 spiro atoms. The lowest BCUT2D eigenvalue weighted by Crippen LogP contribution is -2.30. The van der Waals surface area contributed by atoms with Gasteiger partial charge in [0.15, 0.2) is 6.10 Å². The number of ether oxygens (including phenoxy) is 1. The predicted octanol–water partition coefficient (Wildman–Crippen LogP) is 5.23. The van der Waals surface area contributed by atoms with Gasteiger partial charge in [0.25, 0.3) is 5.91 Å². The van der Waals surface area contributed by atoms with Crippen molar-refractivity contribution >= 4 is 43.5 Å². The number of nitrogens with one attached hydrogen (secondary N) is 1. The molecule has 0 aliphatic rings. The zero-order chi connectivity index (χ0) is 16.3. The molecule has 1 atom stereocenters. The van der Waals surface area contributed by atoms with Gasteiger partial charge in [0, 0.05) is 10.2 Å². The van der Waals surface area contributed by atoms with Gasteiger partial charge in [-0.2, -0.15) is 0 Å². The zero-order valence-corrected chi connectivity index (χ0v) is 15.8. The Morgan fingerprint density at radius 3 is 2.59 bits per heavy atom. The van der Waals surface area contributed by atoms with Crippen molar-refractivity contribution in [3.8, 4) is 5.75 Å². The second-order valence-corrected chi connectivity index (χ2v) is 6.84. The van der Waals surface area contributed by atoms with Crippen LogP contribution in [0.5, 0.6) is 5.75 Å². The van der Waals surface area contributed by atoms with Crippen molar-refractivity contribution < 1.29 is 9.53 Å². The first-order valence-electron chi connectivity index (χ1n) is 6.87. The summed E-state index contributed by atoms with van der Waals surface area (Å²) >= 11 is 6.81. The lowest BCUT2D eigenvalue weighted by molar-refractivity contribution is -0.122. The molecule has 0 saturated heterocycles. The van der Waals surface area contributed by atoms with Gasteiger partial charge >= 0.3 is 0 Å². The summed E-state index contributed by atoms with van der Waals surface area (Å²) in [5, 5.41) is 2.91. The van der Waals surface area contributed by atoms with E-state index in [1.165, 1.54) is 0 Å². The highest BCUT2D eigenvalue weighted by Gasteiger charge is 2.17. The van der Waals surface area contributed by atoms with E-state index in [0.717, 1.165) is 25.8 Å². The second kappa shape index (κ2) is 7.29. The van der Waals surface area contributed by atoms with Crippen molar-refractivity contribution in [2.24, 2.45) is 0 Å². The van der Waals surface area contributed by atoms with Crippen molar-refractivity contribution in [3.05, 3.63) is 56.5 Å². The minimum atomic E-state index is -0.600. The molecule has 2 aromatic carbocycles. The quantitative estimate of drug-likeness (QED) is 0.726. The monoisotopic (exact) mass is 425 g/mol. The van der Waals surface area contributed by atoms with Crippen LogP contribution < -0.4 is 10.1 Å². The van der Waals surface area contributed by atoms with Crippen LogP contribution in [-0.4, -0.2) is 12.0 Å². The number of rotatable bonds is 4. The zero-order valence-electron chi connectivity index (χ0n) is 12.6. The molecule has 1 N–H and O–H groups in total. The number of amides is 1. The van der Waals surface area contributed by atoms with Crippen LogP contribution in [0.2, 0.25) is 0 Å². The van der Waals surface area contributed by atoms with E-state index in [1.54, 1.807) is 6.92 Å². The first kappa shape index (κ1) is 17.0. The lowest BCUT2D eigenvalue weighted by atomic mass is 10.1. The van der Waals surface area contributed by atoms with Crippen molar-refractivity contribution in [2.75, 3.05) is 5.32 Å².